The molecule has 6 heteroatoms. The van der Waals surface area contributed by atoms with Gasteiger partial charge >= 0.3 is 7.82 Å². The van der Waals surface area contributed by atoms with Gasteiger partial charge in [-0.3, -0.25) is 4.52 Å². The van der Waals surface area contributed by atoms with Crippen molar-refractivity contribution in [3.63, 3.8) is 0 Å². The van der Waals surface area contributed by atoms with E-state index in [0.717, 1.165) is 6.42 Å². The van der Waals surface area contributed by atoms with Crippen molar-refractivity contribution in [3.05, 3.63) is 0 Å². The zero-order valence-electron chi connectivity index (χ0n) is 5.88. The Morgan fingerprint density at radius 1 is 1.45 bits per heavy atom. The van der Waals surface area contributed by atoms with Gasteiger partial charge in [-0.2, -0.15) is 0 Å². The van der Waals surface area contributed by atoms with Crippen LogP contribution < -0.4 is 0 Å². The Morgan fingerprint density at radius 2 is 2.09 bits per heavy atom. The molecule has 3 N–H and O–H groups in total. The Balaban J connectivity index is 2.33. The molecule has 1 aliphatic carbocycles. The van der Waals surface area contributed by atoms with Crippen molar-refractivity contribution in [2.24, 2.45) is 5.92 Å². The van der Waals surface area contributed by atoms with Gasteiger partial charge < -0.3 is 14.9 Å². The van der Waals surface area contributed by atoms with Crippen LogP contribution in [0.1, 0.15) is 12.8 Å². The van der Waals surface area contributed by atoms with Crippen LogP contribution in [0.15, 0.2) is 0 Å². The molecule has 5 nitrogen and oxygen atoms in total. The van der Waals surface area contributed by atoms with E-state index in [1.807, 2.05) is 0 Å². The van der Waals surface area contributed by atoms with Gasteiger partial charge in [0.1, 0.15) is 0 Å². The van der Waals surface area contributed by atoms with Gasteiger partial charge in [-0.15, -0.1) is 0 Å². The molecule has 2 unspecified atom stereocenters. The topological polar surface area (TPSA) is 87.0 Å². The van der Waals surface area contributed by atoms with Gasteiger partial charge in [0.15, 0.2) is 0 Å². The van der Waals surface area contributed by atoms with Crippen LogP contribution in [0.5, 0.6) is 0 Å². The lowest BCUT2D eigenvalue weighted by atomic mass is 9.83. The van der Waals surface area contributed by atoms with E-state index >= 15 is 0 Å². The highest BCUT2D eigenvalue weighted by Crippen LogP contribution is 2.44. The van der Waals surface area contributed by atoms with Crippen molar-refractivity contribution in [3.8, 4) is 0 Å². The number of hydrogen-bond acceptors (Lipinski definition) is 3. The Labute approximate surface area is 64.2 Å². The van der Waals surface area contributed by atoms with Crippen LogP contribution in [0, 0.1) is 5.92 Å². The smallest absolute Gasteiger partial charge is 0.396 e. The van der Waals surface area contributed by atoms with E-state index in [2.05, 4.69) is 4.52 Å². The molecule has 1 fully saturated rings. The third-order valence-corrected chi connectivity index (χ3v) is 2.40. The highest BCUT2D eigenvalue weighted by Gasteiger charge is 2.35. The van der Waals surface area contributed by atoms with E-state index in [9.17, 15) is 4.57 Å². The zero-order chi connectivity index (χ0) is 8.48. The number of aliphatic hydroxyl groups is 1. The minimum atomic E-state index is -4.35. The lowest BCUT2D eigenvalue weighted by Gasteiger charge is -2.34. The molecular formula is C5H11O5P. The van der Waals surface area contributed by atoms with Crippen molar-refractivity contribution in [1.82, 2.24) is 0 Å². The summed E-state index contributed by atoms with van der Waals surface area (Å²) in [7, 11) is -4.35. The van der Waals surface area contributed by atoms with Crippen LogP contribution in [0.3, 0.4) is 0 Å². The van der Waals surface area contributed by atoms with Crippen LogP contribution in [0.25, 0.3) is 0 Å². The molecule has 0 aromatic heterocycles. The molecular weight excluding hydrogens is 171 g/mol. The SMILES string of the molecule is O=P(O)(O)OC1CCC1CO. The summed E-state index contributed by atoms with van der Waals surface area (Å²) in [4.78, 5) is 16.7. The maximum absolute atomic E-state index is 10.3. The van der Waals surface area contributed by atoms with Crippen molar-refractivity contribution >= 4 is 7.82 Å². The standard InChI is InChI=1S/C5H11O5P/c6-3-4-1-2-5(4)10-11(7,8)9/h4-6H,1-3H2,(H2,7,8,9). The van der Waals surface area contributed by atoms with Crippen molar-refractivity contribution in [1.29, 1.82) is 0 Å². The first-order valence-corrected chi connectivity index (χ1v) is 4.91. The summed E-state index contributed by atoms with van der Waals surface area (Å²) in [6, 6.07) is 0. The van der Waals surface area contributed by atoms with E-state index < -0.39 is 13.9 Å². The molecule has 2 atom stereocenters. The molecule has 11 heavy (non-hydrogen) atoms. The second-order valence-electron chi connectivity index (χ2n) is 2.65. The van der Waals surface area contributed by atoms with E-state index in [-0.39, 0.29) is 12.5 Å². The van der Waals surface area contributed by atoms with Crippen LogP contribution in [0.4, 0.5) is 0 Å². The van der Waals surface area contributed by atoms with Gasteiger partial charge in [0.05, 0.1) is 6.10 Å². The van der Waals surface area contributed by atoms with E-state index in [4.69, 9.17) is 14.9 Å². The largest absolute Gasteiger partial charge is 0.469 e. The van der Waals surface area contributed by atoms with Crippen LogP contribution >= 0.6 is 7.82 Å². The molecule has 0 amide bonds. The summed E-state index contributed by atoms with van der Waals surface area (Å²) in [5.41, 5.74) is 0. The summed E-state index contributed by atoms with van der Waals surface area (Å²) < 4.78 is 14.7. The first kappa shape index (κ1) is 9.16. The van der Waals surface area contributed by atoms with Gasteiger partial charge in [-0.05, 0) is 12.8 Å². The molecule has 1 aliphatic rings. The number of aliphatic hydroxyl groups excluding tert-OH is 1. The maximum atomic E-state index is 10.3. The maximum Gasteiger partial charge on any atom is 0.469 e. The molecule has 0 saturated heterocycles. The Hall–Kier alpha value is 0.0700. The Morgan fingerprint density at radius 3 is 2.36 bits per heavy atom. The summed E-state index contributed by atoms with van der Waals surface area (Å²) in [6.45, 7) is -0.0648. The lowest BCUT2D eigenvalue weighted by Crippen LogP contribution is -2.35. The summed E-state index contributed by atoms with van der Waals surface area (Å²) >= 11 is 0. The number of hydrogen-bond donors (Lipinski definition) is 3. The zero-order valence-corrected chi connectivity index (χ0v) is 6.78. The van der Waals surface area contributed by atoms with Crippen molar-refractivity contribution in [2.75, 3.05) is 6.61 Å². The van der Waals surface area contributed by atoms with Crippen molar-refractivity contribution in [2.45, 2.75) is 18.9 Å². The average molecular weight is 182 g/mol. The second-order valence-corrected chi connectivity index (χ2v) is 3.85. The highest BCUT2D eigenvalue weighted by atomic mass is 31.2. The average Bonchev–Trinajstić information content (AvgIpc) is 1.80. The number of phosphoric acid groups is 1. The first-order chi connectivity index (χ1) is 5.03. The van der Waals surface area contributed by atoms with Crippen LogP contribution in [-0.4, -0.2) is 27.6 Å². The second kappa shape index (κ2) is 3.21. The molecule has 0 radical (unpaired) electrons. The molecule has 66 valence electrons. The Kier molecular flexibility index (Phi) is 2.67. The fourth-order valence-electron chi connectivity index (χ4n) is 1.06. The normalized spacial score (nSPS) is 31.5. The predicted molar refractivity (Wildman–Crippen MR) is 36.7 cm³/mol. The highest BCUT2D eigenvalue weighted by molar-refractivity contribution is 7.46. The lowest BCUT2D eigenvalue weighted by molar-refractivity contribution is -0.00703. The molecule has 1 saturated carbocycles. The fraction of sp³-hybridized carbons (Fsp3) is 1.00. The molecule has 0 spiro atoms. The fourth-order valence-corrected chi connectivity index (χ4v) is 1.69. The number of phosphoric ester groups is 1. The minimum absolute atomic E-state index is 0.0648. The molecule has 0 heterocycles. The molecule has 0 aromatic carbocycles. The third kappa shape index (κ3) is 2.54. The quantitative estimate of drug-likeness (QED) is 0.529. The van der Waals surface area contributed by atoms with Crippen LogP contribution in [-0.2, 0) is 9.09 Å². The van der Waals surface area contributed by atoms with Crippen LogP contribution in [0.2, 0.25) is 0 Å². The Bertz CT molecular complexity index is 174. The third-order valence-electron chi connectivity index (χ3n) is 1.85. The number of rotatable bonds is 3. The monoisotopic (exact) mass is 182 g/mol. The van der Waals surface area contributed by atoms with E-state index in [0.29, 0.717) is 6.42 Å². The van der Waals surface area contributed by atoms with Gasteiger partial charge in [0.2, 0.25) is 0 Å². The minimum Gasteiger partial charge on any atom is -0.396 e. The van der Waals surface area contributed by atoms with Gasteiger partial charge in [-0.25, -0.2) is 4.57 Å². The molecule has 1 rings (SSSR count). The van der Waals surface area contributed by atoms with Gasteiger partial charge in [-0.1, -0.05) is 0 Å². The molecule has 0 aliphatic heterocycles. The van der Waals surface area contributed by atoms with E-state index in [1.54, 1.807) is 0 Å². The van der Waals surface area contributed by atoms with E-state index in [1.165, 1.54) is 0 Å². The predicted octanol–water partition coefficient (Wildman–Crippen LogP) is -0.133. The molecule has 0 bridgehead atoms. The van der Waals surface area contributed by atoms with Gasteiger partial charge in [0.25, 0.3) is 0 Å². The van der Waals surface area contributed by atoms with Gasteiger partial charge in [0, 0.05) is 12.5 Å². The first-order valence-electron chi connectivity index (χ1n) is 3.38. The summed E-state index contributed by atoms with van der Waals surface area (Å²) in [5, 5.41) is 8.62. The summed E-state index contributed by atoms with van der Waals surface area (Å²) in [6.07, 6.45) is 0.943. The van der Waals surface area contributed by atoms with Crippen molar-refractivity contribution < 1.29 is 24.0 Å². The molecule has 0 aromatic rings. The summed E-state index contributed by atoms with van der Waals surface area (Å²) in [5.74, 6) is -0.0948.